The quantitative estimate of drug-likeness (QED) is 0.161. The fraction of sp³-hybridized carbons (Fsp3) is 0. The van der Waals surface area contributed by atoms with E-state index in [9.17, 15) is 0 Å². The summed E-state index contributed by atoms with van der Waals surface area (Å²) in [7, 11) is 0. The first-order chi connectivity index (χ1) is 30.2. The largest absolute Gasteiger partial charge is 0.456 e. The molecule has 0 fully saturated rings. The molecule has 286 valence electrons. The van der Waals surface area contributed by atoms with Crippen molar-refractivity contribution in [3.63, 3.8) is 0 Å². The van der Waals surface area contributed by atoms with Crippen LogP contribution in [0.25, 0.3) is 99.2 Å². The lowest BCUT2D eigenvalue weighted by atomic mass is 9.93. The Morgan fingerprint density at radius 2 is 0.820 bits per heavy atom. The van der Waals surface area contributed by atoms with E-state index in [4.69, 9.17) is 8.83 Å². The molecule has 2 heterocycles. The Balaban J connectivity index is 1.05. The van der Waals surface area contributed by atoms with Crippen LogP contribution in [0.4, 0.5) is 17.1 Å². The fourth-order valence-electron chi connectivity index (χ4n) is 9.22. The van der Waals surface area contributed by atoms with Crippen molar-refractivity contribution in [2.75, 3.05) is 4.90 Å². The molecule has 3 heteroatoms. The molecular weight excluding hydrogens is 743 g/mol. The summed E-state index contributed by atoms with van der Waals surface area (Å²) >= 11 is 0. The van der Waals surface area contributed by atoms with Crippen molar-refractivity contribution in [3.8, 4) is 44.5 Å². The van der Waals surface area contributed by atoms with Crippen molar-refractivity contribution < 1.29 is 8.83 Å². The molecule has 0 spiro atoms. The first-order valence-corrected chi connectivity index (χ1v) is 20.7. The van der Waals surface area contributed by atoms with E-state index in [-0.39, 0.29) is 0 Å². The van der Waals surface area contributed by atoms with E-state index in [2.05, 4.69) is 217 Å². The molecule has 0 bridgehead atoms. The van der Waals surface area contributed by atoms with Crippen molar-refractivity contribution in [3.05, 3.63) is 224 Å². The van der Waals surface area contributed by atoms with Gasteiger partial charge < -0.3 is 13.7 Å². The van der Waals surface area contributed by atoms with Gasteiger partial charge in [0.1, 0.15) is 22.3 Å². The molecule has 0 saturated heterocycles. The summed E-state index contributed by atoms with van der Waals surface area (Å²) in [6.07, 6.45) is 0. The van der Waals surface area contributed by atoms with Crippen LogP contribution in [-0.4, -0.2) is 0 Å². The minimum absolute atomic E-state index is 0.843. The summed E-state index contributed by atoms with van der Waals surface area (Å²) in [5.41, 5.74) is 16.0. The summed E-state index contributed by atoms with van der Waals surface area (Å²) in [5.74, 6) is 0. The average Bonchev–Trinajstić information content (AvgIpc) is 3.92. The van der Waals surface area contributed by atoms with E-state index in [0.29, 0.717) is 0 Å². The van der Waals surface area contributed by atoms with Crippen molar-refractivity contribution in [1.82, 2.24) is 0 Å². The van der Waals surface area contributed by atoms with Gasteiger partial charge >= 0.3 is 0 Å². The van der Waals surface area contributed by atoms with Crippen molar-refractivity contribution in [2.24, 2.45) is 0 Å². The maximum absolute atomic E-state index is 6.90. The van der Waals surface area contributed by atoms with Gasteiger partial charge in [-0.15, -0.1) is 0 Å². The number of furan rings is 2. The molecule has 0 unspecified atom stereocenters. The molecule has 12 aromatic rings. The summed E-state index contributed by atoms with van der Waals surface area (Å²) in [5, 5.41) is 6.64. The Bertz CT molecular complexity index is 3560. The lowest BCUT2D eigenvalue weighted by Gasteiger charge is -2.27. The summed E-state index contributed by atoms with van der Waals surface area (Å²) in [4.78, 5) is 2.38. The summed E-state index contributed by atoms with van der Waals surface area (Å²) in [6.45, 7) is 0. The Kier molecular flexibility index (Phi) is 8.17. The van der Waals surface area contributed by atoms with Gasteiger partial charge in [-0.2, -0.15) is 0 Å². The van der Waals surface area contributed by atoms with Crippen LogP contribution in [0.1, 0.15) is 0 Å². The van der Waals surface area contributed by atoms with Crippen LogP contribution in [0.3, 0.4) is 0 Å². The maximum Gasteiger partial charge on any atom is 0.143 e. The molecule has 0 aliphatic carbocycles. The summed E-state index contributed by atoms with van der Waals surface area (Å²) in [6, 6.07) is 79.8. The summed E-state index contributed by atoms with van der Waals surface area (Å²) < 4.78 is 13.1. The van der Waals surface area contributed by atoms with Crippen LogP contribution < -0.4 is 4.90 Å². The second-order valence-electron chi connectivity index (χ2n) is 15.6. The minimum atomic E-state index is 0.843. The highest BCUT2D eigenvalue weighted by Crippen LogP contribution is 2.47. The van der Waals surface area contributed by atoms with Gasteiger partial charge in [-0.05, 0) is 104 Å². The molecule has 0 N–H and O–H groups in total. The van der Waals surface area contributed by atoms with Gasteiger partial charge in [-0.3, -0.25) is 0 Å². The van der Waals surface area contributed by atoms with Crippen LogP contribution in [0.15, 0.2) is 233 Å². The van der Waals surface area contributed by atoms with Crippen molar-refractivity contribution >= 4 is 71.7 Å². The molecular formula is C58H37NO2. The number of benzene rings is 10. The van der Waals surface area contributed by atoms with E-state index in [1.54, 1.807) is 0 Å². The lowest BCUT2D eigenvalue weighted by Crippen LogP contribution is -2.10. The number of rotatable bonds is 7. The molecule has 12 rings (SSSR count). The van der Waals surface area contributed by atoms with Crippen LogP contribution in [0.5, 0.6) is 0 Å². The highest BCUT2D eigenvalue weighted by molar-refractivity contribution is 6.22. The molecule has 61 heavy (non-hydrogen) atoms. The molecule has 0 atom stereocenters. The number of nitrogens with zero attached hydrogens (tertiary/aromatic N) is 1. The lowest BCUT2D eigenvalue weighted by molar-refractivity contribution is 0.669. The zero-order valence-electron chi connectivity index (χ0n) is 33.1. The molecule has 3 nitrogen and oxygen atoms in total. The smallest absolute Gasteiger partial charge is 0.143 e. The van der Waals surface area contributed by atoms with Gasteiger partial charge in [0.05, 0.1) is 11.1 Å². The van der Waals surface area contributed by atoms with Gasteiger partial charge in [0, 0.05) is 32.9 Å². The molecule has 0 saturated carbocycles. The first-order valence-electron chi connectivity index (χ1n) is 20.7. The predicted octanol–water partition coefficient (Wildman–Crippen LogP) is 16.8. The van der Waals surface area contributed by atoms with E-state index in [1.165, 1.54) is 16.7 Å². The minimum Gasteiger partial charge on any atom is -0.456 e. The monoisotopic (exact) mass is 779 g/mol. The molecule has 10 aromatic carbocycles. The molecule has 2 aromatic heterocycles. The SMILES string of the molecule is c1ccc(-c2ccc(N(c3cccc(-c4ccccc4)c3)c3cccc4oc5c6ccccc6c(-c6ccc(-c7cccc8oc9ccccc9c78)cc6)cc5c34)cc2)cc1. The van der Waals surface area contributed by atoms with Gasteiger partial charge in [-0.1, -0.05) is 170 Å². The second-order valence-corrected chi connectivity index (χ2v) is 15.6. The normalized spacial score (nSPS) is 11.6. The zero-order chi connectivity index (χ0) is 40.3. The maximum atomic E-state index is 6.90. The Morgan fingerprint density at radius 3 is 1.57 bits per heavy atom. The predicted molar refractivity (Wildman–Crippen MR) is 255 cm³/mol. The number of anilines is 3. The molecule has 0 amide bonds. The number of para-hydroxylation sites is 1. The topological polar surface area (TPSA) is 29.5 Å². The second kappa shape index (κ2) is 14.3. The van der Waals surface area contributed by atoms with Crippen LogP contribution in [-0.2, 0) is 0 Å². The van der Waals surface area contributed by atoms with Crippen molar-refractivity contribution in [2.45, 2.75) is 0 Å². The Morgan fingerprint density at radius 1 is 0.279 bits per heavy atom. The Labute approximate surface area is 353 Å². The molecule has 0 aliphatic rings. The van der Waals surface area contributed by atoms with E-state index in [0.717, 1.165) is 99.5 Å². The number of fused-ring (bicyclic) bond motifs is 8. The Hall–Kier alpha value is -8.14. The molecule has 0 aliphatic heterocycles. The van der Waals surface area contributed by atoms with Gasteiger partial charge in [-0.25, -0.2) is 0 Å². The highest BCUT2D eigenvalue weighted by Gasteiger charge is 2.22. The first kappa shape index (κ1) is 34.9. The van der Waals surface area contributed by atoms with Crippen molar-refractivity contribution in [1.29, 1.82) is 0 Å². The number of hydrogen-bond acceptors (Lipinski definition) is 3. The van der Waals surface area contributed by atoms with Gasteiger partial charge in [0.25, 0.3) is 0 Å². The van der Waals surface area contributed by atoms with Crippen LogP contribution in [0, 0.1) is 0 Å². The van der Waals surface area contributed by atoms with Gasteiger partial charge in [0.15, 0.2) is 0 Å². The van der Waals surface area contributed by atoms with E-state index >= 15 is 0 Å². The van der Waals surface area contributed by atoms with E-state index in [1.807, 2.05) is 12.1 Å². The average molecular weight is 780 g/mol. The molecule has 0 radical (unpaired) electrons. The third-order valence-electron chi connectivity index (χ3n) is 12.1. The zero-order valence-corrected chi connectivity index (χ0v) is 33.1. The van der Waals surface area contributed by atoms with E-state index < -0.39 is 0 Å². The van der Waals surface area contributed by atoms with Gasteiger partial charge in [0.2, 0.25) is 0 Å². The van der Waals surface area contributed by atoms with Crippen LogP contribution in [0.2, 0.25) is 0 Å². The van der Waals surface area contributed by atoms with Crippen LogP contribution >= 0.6 is 0 Å². The standard InChI is InChI=1S/C58H37NO2/c1-3-14-38(15-4-1)40-32-34-44(35-33-40)59(45-19-11-18-43(36-45)39-16-5-2-6-17-39)52-24-13-27-55-57(52)51-37-50(47-20-7-8-21-48(47)58(51)61-55)42-30-28-41(29-31-42)46-23-12-26-54-56(46)49-22-9-10-25-53(49)60-54/h1-37H. The number of hydrogen-bond donors (Lipinski definition) is 0. The fourth-order valence-corrected chi connectivity index (χ4v) is 9.22. The third-order valence-corrected chi connectivity index (χ3v) is 12.1. The third kappa shape index (κ3) is 5.90. The highest BCUT2D eigenvalue weighted by atomic mass is 16.3.